The van der Waals surface area contributed by atoms with Crippen molar-refractivity contribution in [2.24, 2.45) is 11.0 Å². The van der Waals surface area contributed by atoms with E-state index < -0.39 is 0 Å². The third-order valence-corrected chi connectivity index (χ3v) is 4.91. The van der Waals surface area contributed by atoms with Crippen LogP contribution in [0.4, 0.5) is 5.82 Å². The fourth-order valence-corrected chi connectivity index (χ4v) is 3.67. The molecular formula is C16H18N8. The van der Waals surface area contributed by atoms with Crippen LogP contribution in [0, 0.1) is 5.92 Å². The number of rotatable bonds is 2. The van der Waals surface area contributed by atoms with Crippen molar-refractivity contribution in [3.8, 4) is 0 Å². The number of aromatic nitrogens is 4. The minimum Gasteiger partial charge on any atom is -0.356 e. The number of allylic oxidation sites excluding steroid dienone is 2. The zero-order chi connectivity index (χ0) is 15.9. The fourth-order valence-electron chi connectivity index (χ4n) is 3.67. The maximum absolute atomic E-state index is 4.57. The molecule has 0 aliphatic carbocycles. The number of nitrogens with one attached hydrogen (secondary N) is 2. The quantitative estimate of drug-likeness (QED) is 0.864. The van der Waals surface area contributed by atoms with E-state index in [9.17, 15) is 0 Å². The third-order valence-electron chi connectivity index (χ3n) is 4.91. The number of amidine groups is 1. The first-order valence-corrected chi connectivity index (χ1v) is 8.25. The lowest BCUT2D eigenvalue weighted by molar-refractivity contribution is 0.408. The maximum atomic E-state index is 4.57. The first-order chi connectivity index (χ1) is 11.9. The number of anilines is 1. The number of piperidine rings is 1. The van der Waals surface area contributed by atoms with Crippen LogP contribution in [0.25, 0.3) is 11.0 Å². The molecule has 1 fully saturated rings. The molecule has 122 valence electrons. The zero-order valence-corrected chi connectivity index (χ0v) is 13.1. The predicted molar refractivity (Wildman–Crippen MR) is 91.1 cm³/mol. The lowest BCUT2D eigenvalue weighted by Gasteiger charge is -2.35. The molecular weight excluding hydrogens is 304 g/mol. The van der Waals surface area contributed by atoms with Gasteiger partial charge in [-0.25, -0.2) is 9.97 Å². The summed E-state index contributed by atoms with van der Waals surface area (Å²) >= 11 is 0. The van der Waals surface area contributed by atoms with Crippen molar-refractivity contribution in [3.63, 3.8) is 0 Å². The van der Waals surface area contributed by atoms with Gasteiger partial charge in [0, 0.05) is 25.2 Å². The van der Waals surface area contributed by atoms with Crippen molar-refractivity contribution >= 4 is 22.7 Å². The molecule has 0 amide bonds. The van der Waals surface area contributed by atoms with E-state index in [1.54, 1.807) is 12.5 Å². The number of fused-ring (bicyclic) bond motifs is 2. The lowest BCUT2D eigenvalue weighted by Crippen LogP contribution is -2.43. The molecule has 0 bridgehead atoms. The molecule has 0 spiro atoms. The summed E-state index contributed by atoms with van der Waals surface area (Å²) in [5.74, 6) is 2.59. The Morgan fingerprint density at radius 1 is 1.12 bits per heavy atom. The number of hydrazone groups is 1. The van der Waals surface area contributed by atoms with Gasteiger partial charge in [-0.2, -0.15) is 10.2 Å². The molecule has 5 rings (SSSR count). The van der Waals surface area contributed by atoms with Gasteiger partial charge in [0.25, 0.3) is 0 Å². The third kappa shape index (κ3) is 2.06. The van der Waals surface area contributed by atoms with Crippen molar-refractivity contribution in [2.45, 2.75) is 19.0 Å². The van der Waals surface area contributed by atoms with Crippen LogP contribution < -0.4 is 10.3 Å². The Balaban J connectivity index is 1.32. The number of nitrogens with zero attached hydrogens (tertiary/aromatic N) is 6. The van der Waals surface area contributed by atoms with E-state index >= 15 is 0 Å². The van der Waals surface area contributed by atoms with E-state index in [0.717, 1.165) is 48.6 Å². The van der Waals surface area contributed by atoms with Gasteiger partial charge in [0.05, 0.1) is 11.6 Å². The standard InChI is InChI=1S/C16H18N8/c1-2-6-24-13(3-1)20-22-15(24)11-4-7-23(8-5-11)16-12-9-19-21-14(12)17-10-18-16/h1-3,6,9-11,13,20H,4-5,7-8H2,(H,17,18,19,21)/t13-/m1/s1. The molecule has 2 aromatic rings. The van der Waals surface area contributed by atoms with Gasteiger partial charge in [-0.3, -0.25) is 10.5 Å². The summed E-state index contributed by atoms with van der Waals surface area (Å²) in [5, 5.41) is 12.5. The van der Waals surface area contributed by atoms with Crippen LogP contribution in [-0.2, 0) is 0 Å². The molecule has 8 nitrogen and oxygen atoms in total. The van der Waals surface area contributed by atoms with Crippen molar-refractivity contribution in [1.29, 1.82) is 0 Å². The van der Waals surface area contributed by atoms with Gasteiger partial charge in [-0.15, -0.1) is 0 Å². The van der Waals surface area contributed by atoms with E-state index in [2.05, 4.69) is 64.9 Å². The Labute approximate surface area is 139 Å². The van der Waals surface area contributed by atoms with Crippen LogP contribution in [0.2, 0.25) is 0 Å². The van der Waals surface area contributed by atoms with E-state index in [1.807, 2.05) is 0 Å². The maximum Gasteiger partial charge on any atom is 0.160 e. The van der Waals surface area contributed by atoms with Crippen LogP contribution in [0.3, 0.4) is 0 Å². The van der Waals surface area contributed by atoms with Crippen LogP contribution in [0.15, 0.2) is 42.1 Å². The fraction of sp³-hybridized carbons (Fsp3) is 0.375. The van der Waals surface area contributed by atoms with E-state index in [-0.39, 0.29) is 6.17 Å². The second-order valence-electron chi connectivity index (χ2n) is 6.27. The Morgan fingerprint density at radius 3 is 2.96 bits per heavy atom. The van der Waals surface area contributed by atoms with Gasteiger partial charge >= 0.3 is 0 Å². The average Bonchev–Trinajstić information content (AvgIpc) is 3.28. The number of H-pyrrole nitrogens is 1. The Kier molecular flexibility index (Phi) is 3.00. The molecule has 0 aromatic carbocycles. The lowest BCUT2D eigenvalue weighted by atomic mass is 9.94. The summed E-state index contributed by atoms with van der Waals surface area (Å²) in [6, 6.07) is 0. The van der Waals surface area contributed by atoms with Gasteiger partial charge in [0.1, 0.15) is 24.1 Å². The molecule has 3 aliphatic heterocycles. The van der Waals surface area contributed by atoms with Crippen LogP contribution in [0.1, 0.15) is 12.8 Å². The SMILES string of the molecule is C1=C[C@@H]2NN=C(C3CCN(c4ncnc5[nH]ncc45)CC3)N2C=C1. The van der Waals surface area contributed by atoms with Crippen LogP contribution >= 0.6 is 0 Å². The highest BCUT2D eigenvalue weighted by atomic mass is 15.5. The molecule has 5 heterocycles. The van der Waals surface area contributed by atoms with Gasteiger partial charge in [-0.05, 0) is 25.0 Å². The highest BCUT2D eigenvalue weighted by Gasteiger charge is 2.33. The average molecular weight is 322 g/mol. The van der Waals surface area contributed by atoms with Crippen molar-refractivity contribution < 1.29 is 0 Å². The predicted octanol–water partition coefficient (Wildman–Crippen LogP) is 1.20. The minimum atomic E-state index is 0.176. The molecule has 1 saturated heterocycles. The summed E-state index contributed by atoms with van der Waals surface area (Å²) < 4.78 is 0. The number of hydrogen-bond donors (Lipinski definition) is 2. The highest BCUT2D eigenvalue weighted by Crippen LogP contribution is 2.29. The summed E-state index contributed by atoms with van der Waals surface area (Å²) in [5.41, 5.74) is 3.99. The topological polar surface area (TPSA) is 85.3 Å². The smallest absolute Gasteiger partial charge is 0.160 e. The van der Waals surface area contributed by atoms with E-state index in [1.165, 1.54) is 0 Å². The first-order valence-electron chi connectivity index (χ1n) is 8.25. The van der Waals surface area contributed by atoms with Crippen molar-refractivity contribution in [2.75, 3.05) is 18.0 Å². The summed E-state index contributed by atoms with van der Waals surface area (Å²) in [6.45, 7) is 1.91. The molecule has 2 aromatic heterocycles. The van der Waals surface area contributed by atoms with Gasteiger partial charge in [0.15, 0.2) is 5.65 Å². The summed E-state index contributed by atoms with van der Waals surface area (Å²) in [7, 11) is 0. The van der Waals surface area contributed by atoms with E-state index in [0.29, 0.717) is 5.92 Å². The second-order valence-corrected chi connectivity index (χ2v) is 6.27. The molecule has 3 aliphatic rings. The molecule has 8 heteroatoms. The Hall–Kier alpha value is -2.90. The normalized spacial score (nSPS) is 23.5. The van der Waals surface area contributed by atoms with Gasteiger partial charge < -0.3 is 9.80 Å². The molecule has 2 N–H and O–H groups in total. The Bertz CT molecular complexity index is 843. The molecule has 24 heavy (non-hydrogen) atoms. The minimum absolute atomic E-state index is 0.176. The first kappa shape index (κ1) is 13.5. The summed E-state index contributed by atoms with van der Waals surface area (Å²) in [4.78, 5) is 13.2. The van der Waals surface area contributed by atoms with Crippen LogP contribution in [-0.4, -0.2) is 50.2 Å². The monoisotopic (exact) mass is 322 g/mol. The molecule has 1 atom stereocenters. The second kappa shape index (κ2) is 5.33. The zero-order valence-electron chi connectivity index (χ0n) is 13.1. The van der Waals surface area contributed by atoms with Crippen molar-refractivity contribution in [1.82, 2.24) is 30.5 Å². The van der Waals surface area contributed by atoms with Crippen molar-refractivity contribution in [3.05, 3.63) is 37.0 Å². The number of hydrogen-bond acceptors (Lipinski definition) is 7. The number of aromatic amines is 1. The Morgan fingerprint density at radius 2 is 2.04 bits per heavy atom. The summed E-state index contributed by atoms with van der Waals surface area (Å²) in [6.07, 6.45) is 14.0. The van der Waals surface area contributed by atoms with Crippen LogP contribution in [0.5, 0.6) is 0 Å². The van der Waals surface area contributed by atoms with Gasteiger partial charge in [0.2, 0.25) is 0 Å². The van der Waals surface area contributed by atoms with E-state index in [4.69, 9.17) is 0 Å². The molecule has 0 saturated carbocycles. The molecule has 0 unspecified atom stereocenters. The van der Waals surface area contributed by atoms with Gasteiger partial charge in [-0.1, -0.05) is 6.08 Å². The highest BCUT2D eigenvalue weighted by molar-refractivity contribution is 5.88. The largest absolute Gasteiger partial charge is 0.356 e. The molecule has 0 radical (unpaired) electrons.